The summed E-state index contributed by atoms with van der Waals surface area (Å²) in [7, 11) is 3.92. The van der Waals surface area contributed by atoms with Gasteiger partial charge in [0.2, 0.25) is 0 Å². The highest BCUT2D eigenvalue weighted by Gasteiger charge is 2.29. The van der Waals surface area contributed by atoms with E-state index >= 15 is 0 Å². The van der Waals surface area contributed by atoms with Gasteiger partial charge in [0.1, 0.15) is 23.8 Å². The highest BCUT2D eigenvalue weighted by atomic mass is 35.5. The van der Waals surface area contributed by atoms with Crippen molar-refractivity contribution in [2.45, 2.75) is 13.3 Å². The lowest BCUT2D eigenvalue weighted by atomic mass is 10.0. The van der Waals surface area contributed by atoms with Gasteiger partial charge in [-0.2, -0.15) is 0 Å². The first-order valence-corrected chi connectivity index (χ1v) is 12.9. The fourth-order valence-electron chi connectivity index (χ4n) is 4.61. The summed E-state index contributed by atoms with van der Waals surface area (Å²) >= 11 is 9.53. The second-order valence-electron chi connectivity index (χ2n) is 9.07. The first-order chi connectivity index (χ1) is 17.7. The Kier molecular flexibility index (Phi) is 8.27. The van der Waals surface area contributed by atoms with Crippen LogP contribution in [-0.2, 0) is 6.42 Å². The van der Waals surface area contributed by atoms with E-state index in [0.29, 0.717) is 30.2 Å². The molecule has 0 bridgehead atoms. The zero-order valence-corrected chi connectivity index (χ0v) is 22.5. The molecule has 1 aliphatic heterocycles. The molecule has 0 saturated carbocycles. The highest BCUT2D eigenvalue weighted by Crippen LogP contribution is 2.40. The van der Waals surface area contributed by atoms with E-state index in [-0.39, 0.29) is 22.8 Å². The lowest BCUT2D eigenvalue weighted by molar-refractivity contribution is 0.0983. The van der Waals surface area contributed by atoms with Crippen LogP contribution < -0.4 is 9.64 Å². The van der Waals surface area contributed by atoms with Gasteiger partial charge in [-0.25, -0.2) is 0 Å². The number of benzene rings is 3. The van der Waals surface area contributed by atoms with Gasteiger partial charge in [0.05, 0.1) is 16.6 Å². The molecule has 0 atom stereocenters. The van der Waals surface area contributed by atoms with E-state index in [1.807, 2.05) is 43.3 Å². The maximum atomic E-state index is 13.5. The van der Waals surface area contributed by atoms with Crippen LogP contribution in [0.5, 0.6) is 11.5 Å². The molecule has 3 aromatic carbocycles. The Hall–Kier alpha value is -3.26. The Bertz CT molecular complexity index is 1470. The van der Waals surface area contributed by atoms with Crippen LogP contribution in [0.4, 0.5) is 5.69 Å². The molecule has 0 radical (unpaired) electrons. The third-order valence-electron chi connectivity index (χ3n) is 6.36. The summed E-state index contributed by atoms with van der Waals surface area (Å²) in [5.41, 5.74) is 3.45. The van der Waals surface area contributed by atoms with Crippen molar-refractivity contribution in [1.82, 2.24) is 9.88 Å². The number of aromatic hydroxyl groups is 1. The molecule has 1 amide bonds. The lowest BCUT2D eigenvalue weighted by Gasteiger charge is -2.17. The fourth-order valence-corrected chi connectivity index (χ4v) is 4.61. The Balaban J connectivity index is 0.00000102. The molecule has 194 valence electrons. The van der Waals surface area contributed by atoms with E-state index in [1.54, 1.807) is 29.2 Å². The predicted molar refractivity (Wildman–Crippen MR) is 150 cm³/mol. The van der Waals surface area contributed by atoms with Gasteiger partial charge in [-0.05, 0) is 50.5 Å². The number of ether oxygens (including phenoxy) is 1. The van der Waals surface area contributed by atoms with E-state index in [0.717, 1.165) is 45.9 Å². The SMILES string of the molecule is CC(=O)c1cc2cc(C(=O)N3CCc4c3cc(O)c3ccccc43)[nH]c2cc1OCCN(C)C.ClCCl. The van der Waals surface area contributed by atoms with Gasteiger partial charge in [-0.1, -0.05) is 24.3 Å². The Morgan fingerprint density at radius 2 is 1.81 bits per heavy atom. The fraction of sp³-hybridized carbons (Fsp3) is 0.286. The maximum absolute atomic E-state index is 13.5. The number of Topliss-reactive ketones (excluding diaryl/α,β-unsaturated/α-hetero) is 1. The smallest absolute Gasteiger partial charge is 0.274 e. The van der Waals surface area contributed by atoms with Crippen molar-refractivity contribution in [2.24, 2.45) is 0 Å². The minimum absolute atomic E-state index is 0.0911. The number of H-pyrrole nitrogens is 1. The first-order valence-electron chi connectivity index (χ1n) is 11.9. The number of nitrogens with one attached hydrogen (secondary N) is 1. The van der Waals surface area contributed by atoms with Crippen LogP contribution >= 0.6 is 23.2 Å². The van der Waals surface area contributed by atoms with Gasteiger partial charge in [0, 0.05) is 41.5 Å². The average molecular weight is 542 g/mol. The number of likely N-dealkylation sites (N-methyl/N-ethyl adjacent to an activating group) is 1. The van der Waals surface area contributed by atoms with Crippen molar-refractivity contribution < 1.29 is 19.4 Å². The van der Waals surface area contributed by atoms with Crippen molar-refractivity contribution >= 4 is 62.3 Å². The Morgan fingerprint density at radius 1 is 1.11 bits per heavy atom. The van der Waals surface area contributed by atoms with Gasteiger partial charge in [0.15, 0.2) is 5.78 Å². The topological polar surface area (TPSA) is 85.9 Å². The standard InChI is InChI=1S/C27H27N3O4.CH2Cl2/c1-16(31)21-12-17-13-23(28-22(17)14-26(21)34-11-10-29(2)3)27(33)30-9-8-19-18-6-4-5-7-20(18)25(32)15-24(19)30;2-1-3/h4-7,12-15,28,32H,8-11H2,1-3H3;1H2. The number of phenols is 1. The Labute approximate surface area is 225 Å². The monoisotopic (exact) mass is 541 g/mol. The largest absolute Gasteiger partial charge is 0.507 e. The Morgan fingerprint density at radius 3 is 2.49 bits per heavy atom. The second-order valence-corrected chi connectivity index (χ2v) is 9.88. The summed E-state index contributed by atoms with van der Waals surface area (Å²) in [5, 5.41) is 13.3. The number of hydrogen-bond acceptors (Lipinski definition) is 5. The number of fused-ring (bicyclic) bond motifs is 4. The number of aromatic amines is 1. The van der Waals surface area contributed by atoms with Crippen LogP contribution in [-0.4, -0.2) is 65.8 Å². The summed E-state index contributed by atoms with van der Waals surface area (Å²) in [5.74, 6) is 0.401. The molecule has 7 nitrogen and oxygen atoms in total. The molecule has 9 heteroatoms. The van der Waals surface area contributed by atoms with Gasteiger partial charge in [0.25, 0.3) is 5.91 Å². The van der Waals surface area contributed by atoms with Crippen LogP contribution in [0.3, 0.4) is 0 Å². The minimum atomic E-state index is -0.177. The van der Waals surface area contributed by atoms with E-state index in [2.05, 4.69) is 4.98 Å². The van der Waals surface area contributed by atoms with Crippen molar-refractivity contribution in [2.75, 3.05) is 44.0 Å². The molecular formula is C28H29Cl2N3O4. The summed E-state index contributed by atoms with van der Waals surface area (Å²) in [6, 6.07) is 14.7. The van der Waals surface area contributed by atoms with E-state index in [4.69, 9.17) is 27.9 Å². The normalized spacial score (nSPS) is 12.5. The van der Waals surface area contributed by atoms with Crippen LogP contribution in [0, 0.1) is 0 Å². The molecule has 1 aliphatic rings. The molecule has 4 aromatic rings. The molecule has 5 rings (SSSR count). The number of alkyl halides is 2. The zero-order valence-electron chi connectivity index (χ0n) is 21.0. The number of carbonyl (C=O) groups is 2. The van der Waals surface area contributed by atoms with Crippen LogP contribution in [0.2, 0.25) is 0 Å². The molecule has 0 aliphatic carbocycles. The number of rotatable bonds is 6. The van der Waals surface area contributed by atoms with Gasteiger partial charge < -0.3 is 24.6 Å². The van der Waals surface area contributed by atoms with Crippen molar-refractivity contribution in [3.05, 3.63) is 65.4 Å². The van der Waals surface area contributed by atoms with Crippen LogP contribution in [0.15, 0.2) is 48.5 Å². The molecule has 0 fully saturated rings. The molecule has 1 aromatic heterocycles. The summed E-state index contributed by atoms with van der Waals surface area (Å²) in [4.78, 5) is 32.6. The van der Waals surface area contributed by atoms with Crippen molar-refractivity contribution in [3.63, 3.8) is 0 Å². The number of carbonyl (C=O) groups excluding carboxylic acids is 2. The number of anilines is 1. The van der Waals surface area contributed by atoms with E-state index in [9.17, 15) is 14.7 Å². The minimum Gasteiger partial charge on any atom is -0.507 e. The number of phenolic OH excluding ortho intramolecular Hbond substituents is 1. The molecule has 2 heterocycles. The third-order valence-corrected chi connectivity index (χ3v) is 6.36. The lowest BCUT2D eigenvalue weighted by Crippen LogP contribution is -2.29. The summed E-state index contributed by atoms with van der Waals surface area (Å²) in [6.45, 7) is 3.22. The first kappa shape index (κ1) is 26.8. The molecule has 0 saturated heterocycles. The predicted octanol–water partition coefficient (Wildman–Crippen LogP) is 5.79. The van der Waals surface area contributed by atoms with E-state index < -0.39 is 0 Å². The average Bonchev–Trinajstić information content (AvgIpc) is 3.47. The third kappa shape index (κ3) is 5.54. The number of halogens is 2. The highest BCUT2D eigenvalue weighted by molar-refractivity contribution is 6.40. The molecule has 0 spiro atoms. The number of amides is 1. The molecular weight excluding hydrogens is 513 g/mol. The van der Waals surface area contributed by atoms with Gasteiger partial charge in [-0.3, -0.25) is 9.59 Å². The summed E-state index contributed by atoms with van der Waals surface area (Å²) in [6.07, 6.45) is 0.723. The van der Waals surface area contributed by atoms with Crippen LogP contribution in [0.1, 0.15) is 33.3 Å². The molecule has 0 unspecified atom stereocenters. The van der Waals surface area contributed by atoms with Crippen molar-refractivity contribution in [1.29, 1.82) is 0 Å². The molecule has 37 heavy (non-hydrogen) atoms. The maximum Gasteiger partial charge on any atom is 0.274 e. The summed E-state index contributed by atoms with van der Waals surface area (Å²) < 4.78 is 5.88. The number of nitrogens with zero attached hydrogens (tertiary/aromatic N) is 2. The van der Waals surface area contributed by atoms with Crippen LogP contribution in [0.25, 0.3) is 21.7 Å². The van der Waals surface area contributed by atoms with Gasteiger partial charge in [-0.15, -0.1) is 23.2 Å². The number of ketones is 1. The quantitative estimate of drug-likeness (QED) is 0.238. The van der Waals surface area contributed by atoms with Gasteiger partial charge >= 0.3 is 0 Å². The molecule has 2 N–H and O–H groups in total. The number of hydrogen-bond donors (Lipinski definition) is 2. The number of aromatic nitrogens is 1. The zero-order chi connectivity index (χ0) is 26.7. The second kappa shape index (κ2) is 11.4. The van der Waals surface area contributed by atoms with E-state index in [1.165, 1.54) is 6.92 Å². The van der Waals surface area contributed by atoms with Crippen molar-refractivity contribution in [3.8, 4) is 11.5 Å².